The van der Waals surface area contributed by atoms with E-state index in [0.29, 0.717) is 29.7 Å². The lowest BCUT2D eigenvalue weighted by atomic mass is 9.79. The van der Waals surface area contributed by atoms with E-state index < -0.39 is 78.6 Å². The quantitative estimate of drug-likeness (QED) is 0.0387. The maximum absolute atomic E-state index is 13.9. The number of aromatic nitrogens is 2. The molecular weight excluding hydrogens is 707 g/mol. The SMILES string of the molecule is NC(=O)C[C@H](NC(=O)C1(NC(=O)[C@H](CC(=O)O)Cc2ccc(CP(=O)(O)O)cc2)CCCCC1)C(=O)NCCNc1ccc([N+](=O)[O-])c2nonc12. The number of aliphatic carboxylic acids is 1. The van der Waals surface area contributed by atoms with Crippen molar-refractivity contribution in [2.75, 3.05) is 18.4 Å². The molecule has 4 amide bonds. The van der Waals surface area contributed by atoms with Crippen LogP contribution < -0.4 is 27.0 Å². The van der Waals surface area contributed by atoms with Gasteiger partial charge in [-0.2, -0.15) is 0 Å². The van der Waals surface area contributed by atoms with Gasteiger partial charge in [0.2, 0.25) is 29.1 Å². The van der Waals surface area contributed by atoms with Crippen molar-refractivity contribution in [1.29, 1.82) is 0 Å². The van der Waals surface area contributed by atoms with Crippen molar-refractivity contribution in [2.45, 2.75) is 69.1 Å². The molecule has 20 nitrogen and oxygen atoms in total. The van der Waals surface area contributed by atoms with E-state index in [9.17, 15) is 53.5 Å². The summed E-state index contributed by atoms with van der Waals surface area (Å²) in [5.41, 5.74) is 4.81. The van der Waals surface area contributed by atoms with Gasteiger partial charge in [0, 0.05) is 19.2 Å². The standard InChI is InChI=1S/C31H39N8O12P/c32-24(40)16-22(29(44)34-13-12-33-21-8-9-23(39(46)47)27-26(21)37-51-38-27)35-30(45)31(10-2-1-3-11-31)36-28(43)20(15-25(41)42)14-18-4-6-19(7-5-18)17-52(48,49)50/h4-9,20,22,33H,1-3,10-17H2,(H2,32,40)(H,34,44)(H,35,45)(H,36,43)(H,41,42)(H2,48,49,50)/t20-,22-/m0/s1. The number of nitrogens with one attached hydrogen (secondary N) is 4. The molecule has 3 aromatic rings. The molecule has 0 spiro atoms. The lowest BCUT2D eigenvalue weighted by Gasteiger charge is -2.38. The van der Waals surface area contributed by atoms with Crippen LogP contribution in [0.5, 0.6) is 0 Å². The number of amides is 4. The first-order valence-electron chi connectivity index (χ1n) is 16.2. The Labute approximate surface area is 295 Å². The number of nitrogens with zero attached hydrogens (tertiary/aromatic N) is 3. The second-order valence-electron chi connectivity index (χ2n) is 12.5. The van der Waals surface area contributed by atoms with Crippen LogP contribution in [0.25, 0.3) is 11.0 Å². The number of hydrogen-bond acceptors (Lipinski definition) is 12. The number of carbonyl (C=O) groups is 5. The van der Waals surface area contributed by atoms with Crippen LogP contribution in [0.3, 0.4) is 0 Å². The lowest BCUT2D eigenvalue weighted by Crippen LogP contribution is -2.63. The molecule has 1 aromatic heterocycles. The van der Waals surface area contributed by atoms with Crippen molar-refractivity contribution in [1.82, 2.24) is 26.3 Å². The molecule has 4 rings (SSSR count). The molecule has 0 aliphatic heterocycles. The Hall–Kier alpha value is -5.46. The average molecular weight is 747 g/mol. The van der Waals surface area contributed by atoms with E-state index >= 15 is 0 Å². The van der Waals surface area contributed by atoms with E-state index in [4.69, 9.17) is 5.73 Å². The Balaban J connectivity index is 1.42. The van der Waals surface area contributed by atoms with Crippen molar-refractivity contribution in [3.63, 3.8) is 0 Å². The fraction of sp³-hybridized carbons (Fsp3) is 0.452. The first kappa shape index (κ1) is 39.3. The van der Waals surface area contributed by atoms with E-state index in [1.54, 1.807) is 0 Å². The molecule has 1 fully saturated rings. The van der Waals surface area contributed by atoms with E-state index in [1.807, 2.05) is 0 Å². The largest absolute Gasteiger partial charge is 0.481 e. The van der Waals surface area contributed by atoms with Gasteiger partial charge in [0.15, 0.2) is 5.52 Å². The van der Waals surface area contributed by atoms with Gasteiger partial charge in [-0.3, -0.25) is 38.7 Å². The zero-order chi connectivity index (χ0) is 38.1. The van der Waals surface area contributed by atoms with Crippen LogP contribution >= 0.6 is 7.60 Å². The number of non-ortho nitro benzene ring substituents is 1. The molecule has 0 bridgehead atoms. The highest BCUT2D eigenvalue weighted by atomic mass is 31.2. The summed E-state index contributed by atoms with van der Waals surface area (Å²) in [4.78, 5) is 93.4. The minimum Gasteiger partial charge on any atom is -0.481 e. The number of primary amides is 1. The maximum atomic E-state index is 13.9. The third kappa shape index (κ3) is 10.8. The summed E-state index contributed by atoms with van der Waals surface area (Å²) >= 11 is 0. The maximum Gasteiger partial charge on any atom is 0.329 e. The number of nitro benzene ring substituents is 1. The Bertz CT molecular complexity index is 1860. The number of hydrogen-bond donors (Lipinski definition) is 8. The smallest absolute Gasteiger partial charge is 0.329 e. The summed E-state index contributed by atoms with van der Waals surface area (Å²) in [6.45, 7) is 0.0485. The van der Waals surface area contributed by atoms with E-state index in [1.165, 1.54) is 36.4 Å². The van der Waals surface area contributed by atoms with Crippen LogP contribution in [0.4, 0.5) is 11.4 Å². The molecule has 9 N–H and O–H groups in total. The number of benzene rings is 2. The van der Waals surface area contributed by atoms with Gasteiger partial charge in [0.1, 0.15) is 11.6 Å². The Kier molecular flexibility index (Phi) is 13.0. The van der Waals surface area contributed by atoms with Gasteiger partial charge in [-0.15, -0.1) is 0 Å². The summed E-state index contributed by atoms with van der Waals surface area (Å²) < 4.78 is 16.0. The van der Waals surface area contributed by atoms with Crippen LogP contribution in [0.1, 0.15) is 56.1 Å². The van der Waals surface area contributed by atoms with E-state index in [-0.39, 0.29) is 49.1 Å². The predicted octanol–water partition coefficient (Wildman–Crippen LogP) is 0.850. The second kappa shape index (κ2) is 17.2. The molecule has 21 heteroatoms. The predicted molar refractivity (Wildman–Crippen MR) is 181 cm³/mol. The monoisotopic (exact) mass is 746 g/mol. The van der Waals surface area contributed by atoms with Gasteiger partial charge in [-0.05, 0) is 46.8 Å². The fourth-order valence-corrected chi connectivity index (χ4v) is 6.72. The second-order valence-corrected chi connectivity index (χ2v) is 14.2. The molecule has 1 saturated carbocycles. The zero-order valence-corrected chi connectivity index (χ0v) is 28.7. The molecule has 0 radical (unpaired) electrons. The van der Waals surface area contributed by atoms with Gasteiger partial charge in [0.25, 0.3) is 0 Å². The fourth-order valence-electron chi connectivity index (χ4n) is 6.03. The van der Waals surface area contributed by atoms with Crippen LogP contribution in [0.15, 0.2) is 41.0 Å². The molecule has 52 heavy (non-hydrogen) atoms. The Morgan fingerprint density at radius 1 is 0.942 bits per heavy atom. The van der Waals surface area contributed by atoms with Crippen molar-refractivity contribution in [3.8, 4) is 0 Å². The molecule has 2 aromatic carbocycles. The normalized spacial score (nSPS) is 15.2. The lowest BCUT2D eigenvalue weighted by molar-refractivity contribution is -0.383. The summed E-state index contributed by atoms with van der Waals surface area (Å²) in [5, 5.41) is 38.9. The van der Waals surface area contributed by atoms with Crippen molar-refractivity contribution in [3.05, 3.63) is 57.6 Å². The van der Waals surface area contributed by atoms with Gasteiger partial charge in [0.05, 0.1) is 35.5 Å². The third-order valence-electron chi connectivity index (χ3n) is 8.55. The summed E-state index contributed by atoms with van der Waals surface area (Å²) in [5.74, 6) is -5.50. The number of carboxylic acid groups (broad SMARTS) is 1. The zero-order valence-electron chi connectivity index (χ0n) is 27.8. The molecular formula is C31H39N8O12P. The van der Waals surface area contributed by atoms with Crippen LogP contribution in [0, 0.1) is 16.0 Å². The number of rotatable bonds is 18. The van der Waals surface area contributed by atoms with Crippen molar-refractivity contribution in [2.24, 2.45) is 11.7 Å². The highest BCUT2D eigenvalue weighted by Crippen LogP contribution is 2.39. The first-order valence-corrected chi connectivity index (χ1v) is 18.0. The van der Waals surface area contributed by atoms with Crippen molar-refractivity contribution >= 4 is 59.6 Å². The first-order chi connectivity index (χ1) is 24.6. The number of anilines is 1. The van der Waals surface area contributed by atoms with Crippen LogP contribution in [-0.2, 0) is 41.1 Å². The number of fused-ring (bicyclic) bond motifs is 1. The number of nitrogens with two attached hydrogens (primary N) is 1. The van der Waals surface area contributed by atoms with Gasteiger partial charge >= 0.3 is 19.3 Å². The highest BCUT2D eigenvalue weighted by molar-refractivity contribution is 7.50. The van der Waals surface area contributed by atoms with Gasteiger partial charge in [-0.1, -0.05) is 43.5 Å². The number of nitro groups is 1. The summed E-state index contributed by atoms with van der Waals surface area (Å²) in [6.07, 6.45) is 0.506. The van der Waals surface area contributed by atoms with Crippen LogP contribution in [-0.4, -0.2) is 84.4 Å². The molecule has 1 aliphatic carbocycles. The third-order valence-corrected chi connectivity index (χ3v) is 9.32. The minimum atomic E-state index is -4.31. The topological polar surface area (TPSA) is 319 Å². The molecule has 1 heterocycles. The van der Waals surface area contributed by atoms with Crippen LogP contribution in [0.2, 0.25) is 0 Å². The molecule has 0 saturated heterocycles. The van der Waals surface area contributed by atoms with Gasteiger partial charge in [-0.25, -0.2) is 4.63 Å². The number of carboxylic acids is 1. The molecule has 280 valence electrons. The average Bonchev–Trinajstić information content (AvgIpc) is 3.56. The van der Waals surface area contributed by atoms with Crippen molar-refractivity contribution < 1.29 is 53.0 Å². The molecule has 0 unspecified atom stereocenters. The summed E-state index contributed by atoms with van der Waals surface area (Å²) in [6, 6.07) is 7.21. The van der Waals surface area contributed by atoms with E-state index in [2.05, 4.69) is 36.2 Å². The minimum absolute atomic E-state index is 0.0350. The molecule has 1 aliphatic rings. The molecule has 2 atom stereocenters. The number of carbonyl (C=O) groups excluding carboxylic acids is 4. The van der Waals surface area contributed by atoms with E-state index in [0.717, 1.165) is 6.42 Å². The van der Waals surface area contributed by atoms with Gasteiger partial charge < -0.3 is 41.9 Å². The summed E-state index contributed by atoms with van der Waals surface area (Å²) in [7, 11) is -4.31. The Morgan fingerprint density at radius 2 is 1.60 bits per heavy atom. The highest BCUT2D eigenvalue weighted by Gasteiger charge is 2.43. The Morgan fingerprint density at radius 3 is 2.21 bits per heavy atom.